The van der Waals surface area contributed by atoms with Crippen LogP contribution in [0.2, 0.25) is 5.02 Å². The van der Waals surface area contributed by atoms with Crippen LogP contribution in [-0.2, 0) is 10.0 Å². The molecule has 1 aromatic carbocycles. The lowest BCUT2D eigenvalue weighted by molar-refractivity contribution is 0.0857. The van der Waals surface area contributed by atoms with Crippen LogP contribution in [0.15, 0.2) is 23.1 Å². The maximum atomic E-state index is 11.9. The second kappa shape index (κ2) is 5.44. The zero-order valence-electron chi connectivity index (χ0n) is 10.4. The number of aliphatic hydroxyl groups is 1. The Morgan fingerprint density at radius 2 is 2.06 bits per heavy atom. The topological polar surface area (TPSA) is 75.6 Å². The molecule has 0 heterocycles. The van der Waals surface area contributed by atoms with Gasteiger partial charge in [-0.05, 0) is 32.0 Å². The molecule has 0 spiro atoms. The molecule has 0 radical (unpaired) electrons. The molecule has 1 rings (SSSR count). The SMILES string of the molecule is COc1ccc(S(=O)(=O)NCC(C)(C)O)cc1Cl. The fraction of sp³-hybridized carbons (Fsp3) is 0.455. The molecule has 0 bridgehead atoms. The Kier molecular flexibility index (Phi) is 4.61. The van der Waals surface area contributed by atoms with Crippen molar-refractivity contribution in [1.82, 2.24) is 4.72 Å². The number of ether oxygens (including phenoxy) is 1. The van der Waals surface area contributed by atoms with Crippen molar-refractivity contribution in [2.45, 2.75) is 24.3 Å². The third kappa shape index (κ3) is 4.13. The lowest BCUT2D eigenvalue weighted by atomic mass is 10.1. The van der Waals surface area contributed by atoms with Gasteiger partial charge in [-0.1, -0.05) is 11.6 Å². The van der Waals surface area contributed by atoms with Crippen LogP contribution in [0.4, 0.5) is 0 Å². The summed E-state index contributed by atoms with van der Waals surface area (Å²) in [6.45, 7) is 2.94. The molecule has 0 aromatic heterocycles. The van der Waals surface area contributed by atoms with Crippen LogP contribution < -0.4 is 9.46 Å². The number of sulfonamides is 1. The van der Waals surface area contributed by atoms with E-state index in [1.807, 2.05) is 0 Å². The molecule has 0 amide bonds. The van der Waals surface area contributed by atoms with Gasteiger partial charge >= 0.3 is 0 Å². The molecule has 0 saturated heterocycles. The van der Waals surface area contributed by atoms with E-state index in [0.717, 1.165) is 0 Å². The molecular formula is C11H16ClNO4S. The molecule has 0 aliphatic rings. The highest BCUT2D eigenvalue weighted by Gasteiger charge is 2.20. The normalized spacial score (nSPS) is 12.5. The van der Waals surface area contributed by atoms with Crippen LogP contribution in [-0.4, -0.2) is 32.8 Å². The molecule has 5 nitrogen and oxygen atoms in total. The van der Waals surface area contributed by atoms with Gasteiger partial charge in [0, 0.05) is 6.54 Å². The minimum absolute atomic E-state index is 0.0255. The van der Waals surface area contributed by atoms with Crippen molar-refractivity contribution < 1.29 is 18.3 Å². The number of benzene rings is 1. The summed E-state index contributed by atoms with van der Waals surface area (Å²) in [7, 11) is -2.24. The monoisotopic (exact) mass is 293 g/mol. The van der Waals surface area contributed by atoms with Crippen molar-refractivity contribution in [2.24, 2.45) is 0 Å². The standard InChI is InChI=1S/C11H16ClNO4S/c1-11(2,14)7-13-18(15,16)8-4-5-10(17-3)9(12)6-8/h4-6,13-14H,7H2,1-3H3. The van der Waals surface area contributed by atoms with Crippen molar-refractivity contribution in [3.63, 3.8) is 0 Å². The number of hydrogen-bond donors (Lipinski definition) is 2. The summed E-state index contributed by atoms with van der Waals surface area (Å²) < 4.78 is 31.1. The molecule has 102 valence electrons. The van der Waals surface area contributed by atoms with Gasteiger partial charge in [0.05, 0.1) is 22.6 Å². The second-order valence-corrected chi connectivity index (χ2v) is 6.61. The van der Waals surface area contributed by atoms with E-state index in [9.17, 15) is 13.5 Å². The first-order chi connectivity index (χ1) is 8.15. The van der Waals surface area contributed by atoms with Crippen molar-refractivity contribution in [1.29, 1.82) is 0 Å². The first-order valence-corrected chi connectivity index (χ1v) is 7.07. The highest BCUT2D eigenvalue weighted by atomic mass is 35.5. The zero-order valence-corrected chi connectivity index (χ0v) is 12.0. The average molecular weight is 294 g/mol. The van der Waals surface area contributed by atoms with Gasteiger partial charge in [0.15, 0.2) is 0 Å². The van der Waals surface area contributed by atoms with E-state index in [1.54, 1.807) is 0 Å². The number of methoxy groups -OCH3 is 1. The van der Waals surface area contributed by atoms with Gasteiger partial charge in [0.2, 0.25) is 10.0 Å². The Morgan fingerprint density at radius 3 is 2.50 bits per heavy atom. The Labute approximate surface area is 112 Å². The lowest BCUT2D eigenvalue weighted by Gasteiger charge is -2.17. The molecule has 0 unspecified atom stereocenters. The average Bonchev–Trinajstić information content (AvgIpc) is 2.25. The highest BCUT2D eigenvalue weighted by Crippen LogP contribution is 2.26. The summed E-state index contributed by atoms with van der Waals surface area (Å²) in [5.41, 5.74) is -1.12. The van der Waals surface area contributed by atoms with Crippen LogP contribution in [0.1, 0.15) is 13.8 Å². The number of hydrogen-bond acceptors (Lipinski definition) is 4. The van der Waals surface area contributed by atoms with Gasteiger partial charge in [0.1, 0.15) is 5.75 Å². The van der Waals surface area contributed by atoms with Crippen LogP contribution in [0, 0.1) is 0 Å². The van der Waals surface area contributed by atoms with Gasteiger partial charge in [0.25, 0.3) is 0 Å². The molecule has 0 atom stereocenters. The van der Waals surface area contributed by atoms with Gasteiger partial charge < -0.3 is 9.84 Å². The Balaban J connectivity index is 2.96. The fourth-order valence-electron chi connectivity index (χ4n) is 1.17. The van der Waals surface area contributed by atoms with Gasteiger partial charge in [-0.3, -0.25) is 0 Å². The highest BCUT2D eigenvalue weighted by molar-refractivity contribution is 7.89. The third-order valence-electron chi connectivity index (χ3n) is 2.13. The smallest absolute Gasteiger partial charge is 0.240 e. The third-order valence-corrected chi connectivity index (χ3v) is 3.82. The number of rotatable bonds is 5. The van der Waals surface area contributed by atoms with E-state index in [4.69, 9.17) is 16.3 Å². The molecule has 2 N–H and O–H groups in total. The summed E-state index contributed by atoms with van der Waals surface area (Å²) in [6, 6.07) is 4.16. The van der Waals surface area contributed by atoms with Crippen molar-refractivity contribution in [3.05, 3.63) is 23.2 Å². The second-order valence-electron chi connectivity index (χ2n) is 4.43. The van der Waals surface area contributed by atoms with E-state index < -0.39 is 15.6 Å². The van der Waals surface area contributed by atoms with Crippen LogP contribution in [0.5, 0.6) is 5.75 Å². The van der Waals surface area contributed by atoms with E-state index in [-0.39, 0.29) is 16.5 Å². The molecular weight excluding hydrogens is 278 g/mol. The predicted octanol–water partition coefficient (Wildman–Crippen LogP) is 1.40. The largest absolute Gasteiger partial charge is 0.495 e. The van der Waals surface area contributed by atoms with E-state index >= 15 is 0 Å². The molecule has 0 aliphatic heterocycles. The maximum absolute atomic E-state index is 11.9. The molecule has 7 heteroatoms. The van der Waals surface area contributed by atoms with Crippen LogP contribution in [0.25, 0.3) is 0 Å². The molecule has 0 saturated carbocycles. The maximum Gasteiger partial charge on any atom is 0.240 e. The summed E-state index contributed by atoms with van der Waals surface area (Å²) in [5.74, 6) is 0.401. The van der Waals surface area contributed by atoms with Crippen LogP contribution >= 0.6 is 11.6 Å². The van der Waals surface area contributed by atoms with Crippen molar-refractivity contribution >= 4 is 21.6 Å². The number of halogens is 1. The fourth-order valence-corrected chi connectivity index (χ4v) is 2.72. The van der Waals surface area contributed by atoms with Gasteiger partial charge in [-0.25, -0.2) is 13.1 Å². The molecule has 1 aromatic rings. The summed E-state index contributed by atoms with van der Waals surface area (Å²) >= 11 is 5.86. The summed E-state index contributed by atoms with van der Waals surface area (Å²) in [4.78, 5) is 0.0255. The molecule has 18 heavy (non-hydrogen) atoms. The first-order valence-electron chi connectivity index (χ1n) is 5.21. The zero-order chi connectivity index (χ0) is 14.0. The van der Waals surface area contributed by atoms with E-state index in [0.29, 0.717) is 5.75 Å². The van der Waals surface area contributed by atoms with Crippen LogP contribution in [0.3, 0.4) is 0 Å². The number of nitrogens with one attached hydrogen (secondary N) is 1. The summed E-state index contributed by atoms with van der Waals surface area (Å²) in [5, 5.41) is 9.70. The minimum Gasteiger partial charge on any atom is -0.495 e. The summed E-state index contributed by atoms with van der Waals surface area (Å²) in [6.07, 6.45) is 0. The minimum atomic E-state index is -3.69. The molecule has 0 fully saturated rings. The quantitative estimate of drug-likeness (QED) is 0.860. The Hall–Kier alpha value is -0.820. The lowest BCUT2D eigenvalue weighted by Crippen LogP contribution is -2.38. The van der Waals surface area contributed by atoms with Crippen molar-refractivity contribution in [2.75, 3.05) is 13.7 Å². The Bertz CT molecular complexity index is 522. The predicted molar refractivity (Wildman–Crippen MR) is 69.5 cm³/mol. The van der Waals surface area contributed by atoms with Gasteiger partial charge in [-0.2, -0.15) is 0 Å². The van der Waals surface area contributed by atoms with Crippen molar-refractivity contribution in [3.8, 4) is 5.75 Å². The van der Waals surface area contributed by atoms with E-state index in [2.05, 4.69) is 4.72 Å². The van der Waals surface area contributed by atoms with E-state index in [1.165, 1.54) is 39.2 Å². The molecule has 0 aliphatic carbocycles. The first kappa shape index (κ1) is 15.2. The Morgan fingerprint density at radius 1 is 1.44 bits per heavy atom. The van der Waals surface area contributed by atoms with Gasteiger partial charge in [-0.15, -0.1) is 0 Å².